The predicted molar refractivity (Wildman–Crippen MR) is 86.8 cm³/mol. The third-order valence-electron chi connectivity index (χ3n) is 4.27. The minimum atomic E-state index is 0.138. The van der Waals surface area contributed by atoms with E-state index in [0.717, 1.165) is 38.3 Å². The standard InChI is InChI=1S/C16H21ClN4O/c1-3-20-7-9-21(10-8-20)12(2)15-18-19-16(22-15)13-5-4-6-14(17)11-13/h4-6,11-12H,3,7-10H2,1-2H3. The van der Waals surface area contributed by atoms with Crippen molar-refractivity contribution in [1.29, 1.82) is 0 Å². The second-order valence-electron chi connectivity index (χ2n) is 5.60. The summed E-state index contributed by atoms with van der Waals surface area (Å²) in [6.07, 6.45) is 0. The maximum atomic E-state index is 6.01. The molecular formula is C16H21ClN4O. The summed E-state index contributed by atoms with van der Waals surface area (Å²) >= 11 is 6.01. The van der Waals surface area contributed by atoms with Gasteiger partial charge in [0.25, 0.3) is 0 Å². The molecule has 1 atom stereocenters. The molecule has 1 aliphatic heterocycles. The van der Waals surface area contributed by atoms with Crippen LogP contribution < -0.4 is 0 Å². The molecule has 0 bridgehead atoms. The number of likely N-dealkylation sites (N-methyl/N-ethyl adjacent to an activating group) is 1. The van der Waals surface area contributed by atoms with Crippen molar-refractivity contribution in [2.75, 3.05) is 32.7 Å². The highest BCUT2D eigenvalue weighted by Gasteiger charge is 2.25. The molecule has 2 heterocycles. The van der Waals surface area contributed by atoms with Crippen molar-refractivity contribution in [2.24, 2.45) is 0 Å². The molecule has 1 saturated heterocycles. The quantitative estimate of drug-likeness (QED) is 0.866. The van der Waals surface area contributed by atoms with Gasteiger partial charge < -0.3 is 9.32 Å². The van der Waals surface area contributed by atoms with Gasteiger partial charge in [-0.2, -0.15) is 0 Å². The van der Waals surface area contributed by atoms with Crippen LogP contribution >= 0.6 is 11.6 Å². The van der Waals surface area contributed by atoms with E-state index in [2.05, 4.69) is 33.8 Å². The van der Waals surface area contributed by atoms with E-state index in [1.807, 2.05) is 24.3 Å². The van der Waals surface area contributed by atoms with Gasteiger partial charge in [0, 0.05) is 36.8 Å². The second kappa shape index (κ2) is 6.77. The lowest BCUT2D eigenvalue weighted by atomic mass is 10.2. The van der Waals surface area contributed by atoms with Gasteiger partial charge in [-0.15, -0.1) is 10.2 Å². The molecule has 1 aliphatic rings. The Kier molecular flexibility index (Phi) is 4.76. The first-order valence-corrected chi connectivity index (χ1v) is 8.11. The highest BCUT2D eigenvalue weighted by atomic mass is 35.5. The number of nitrogens with zero attached hydrogens (tertiary/aromatic N) is 4. The second-order valence-corrected chi connectivity index (χ2v) is 6.04. The molecular weight excluding hydrogens is 300 g/mol. The van der Waals surface area contributed by atoms with Gasteiger partial charge in [0.15, 0.2) is 0 Å². The third-order valence-corrected chi connectivity index (χ3v) is 4.51. The number of hydrogen-bond acceptors (Lipinski definition) is 5. The molecule has 5 nitrogen and oxygen atoms in total. The fraction of sp³-hybridized carbons (Fsp3) is 0.500. The SMILES string of the molecule is CCN1CCN(C(C)c2nnc(-c3cccc(Cl)c3)o2)CC1. The fourth-order valence-corrected chi connectivity index (χ4v) is 2.95. The van der Waals surface area contributed by atoms with Crippen molar-refractivity contribution in [3.63, 3.8) is 0 Å². The molecule has 0 saturated carbocycles. The number of benzene rings is 1. The van der Waals surface area contributed by atoms with Crippen LogP contribution in [0.1, 0.15) is 25.8 Å². The van der Waals surface area contributed by atoms with Crippen molar-refractivity contribution in [1.82, 2.24) is 20.0 Å². The average molecular weight is 321 g/mol. The molecule has 0 N–H and O–H groups in total. The first-order valence-electron chi connectivity index (χ1n) is 7.73. The van der Waals surface area contributed by atoms with Gasteiger partial charge in [0.05, 0.1) is 6.04 Å². The lowest BCUT2D eigenvalue weighted by molar-refractivity contribution is 0.0948. The summed E-state index contributed by atoms with van der Waals surface area (Å²) in [4.78, 5) is 4.84. The predicted octanol–water partition coefficient (Wildman–Crippen LogP) is 3.09. The minimum absolute atomic E-state index is 0.138. The molecule has 3 rings (SSSR count). The zero-order valence-electron chi connectivity index (χ0n) is 13.0. The molecule has 0 spiro atoms. The van der Waals surface area contributed by atoms with E-state index >= 15 is 0 Å². The highest BCUT2D eigenvalue weighted by molar-refractivity contribution is 6.30. The Morgan fingerprint density at radius 2 is 2.00 bits per heavy atom. The molecule has 6 heteroatoms. The summed E-state index contributed by atoms with van der Waals surface area (Å²) in [5, 5.41) is 9.05. The molecule has 0 aliphatic carbocycles. The molecule has 0 radical (unpaired) electrons. The van der Waals surface area contributed by atoms with E-state index in [9.17, 15) is 0 Å². The van der Waals surface area contributed by atoms with Gasteiger partial charge in [0.1, 0.15) is 0 Å². The molecule has 22 heavy (non-hydrogen) atoms. The Balaban J connectivity index is 1.71. The van der Waals surface area contributed by atoms with Gasteiger partial charge >= 0.3 is 0 Å². The van der Waals surface area contributed by atoms with Crippen molar-refractivity contribution >= 4 is 11.6 Å². The number of piperazine rings is 1. The van der Waals surface area contributed by atoms with Crippen molar-refractivity contribution in [3.05, 3.63) is 35.2 Å². The lowest BCUT2D eigenvalue weighted by Gasteiger charge is -2.36. The highest BCUT2D eigenvalue weighted by Crippen LogP contribution is 2.26. The number of rotatable bonds is 4. The number of aromatic nitrogens is 2. The Morgan fingerprint density at radius 3 is 2.68 bits per heavy atom. The van der Waals surface area contributed by atoms with E-state index < -0.39 is 0 Å². The number of halogens is 1. The maximum absolute atomic E-state index is 6.01. The minimum Gasteiger partial charge on any atom is -0.419 e. The van der Waals surface area contributed by atoms with Crippen LogP contribution in [0, 0.1) is 0 Å². The summed E-state index contributed by atoms with van der Waals surface area (Å²) in [5.41, 5.74) is 0.856. The first kappa shape index (κ1) is 15.5. The third kappa shape index (κ3) is 3.32. The summed E-state index contributed by atoms with van der Waals surface area (Å²) in [7, 11) is 0. The van der Waals surface area contributed by atoms with Crippen LogP contribution in [0.5, 0.6) is 0 Å². The summed E-state index contributed by atoms with van der Waals surface area (Å²) in [6.45, 7) is 9.69. The Morgan fingerprint density at radius 1 is 1.23 bits per heavy atom. The smallest absolute Gasteiger partial charge is 0.247 e. The zero-order chi connectivity index (χ0) is 15.5. The molecule has 0 amide bonds. The van der Waals surface area contributed by atoms with Crippen molar-refractivity contribution in [3.8, 4) is 11.5 Å². The molecule has 1 fully saturated rings. The van der Waals surface area contributed by atoms with Crippen LogP contribution in [-0.2, 0) is 0 Å². The largest absolute Gasteiger partial charge is 0.419 e. The van der Waals surface area contributed by atoms with Crippen molar-refractivity contribution in [2.45, 2.75) is 19.9 Å². The van der Waals surface area contributed by atoms with E-state index in [0.29, 0.717) is 16.8 Å². The fourth-order valence-electron chi connectivity index (χ4n) is 2.76. The van der Waals surface area contributed by atoms with Crippen LogP contribution in [0.2, 0.25) is 5.02 Å². The van der Waals surface area contributed by atoms with Gasteiger partial charge in [-0.05, 0) is 31.7 Å². The van der Waals surface area contributed by atoms with Crippen LogP contribution in [0.3, 0.4) is 0 Å². The van der Waals surface area contributed by atoms with Crippen LogP contribution in [0.4, 0.5) is 0 Å². The van der Waals surface area contributed by atoms with Gasteiger partial charge in [-0.1, -0.05) is 24.6 Å². The molecule has 1 aromatic carbocycles. The van der Waals surface area contributed by atoms with E-state index in [1.165, 1.54) is 0 Å². The maximum Gasteiger partial charge on any atom is 0.247 e. The normalized spacial score (nSPS) is 18.5. The van der Waals surface area contributed by atoms with Gasteiger partial charge in [0.2, 0.25) is 11.8 Å². The van der Waals surface area contributed by atoms with Gasteiger partial charge in [-0.25, -0.2) is 0 Å². The van der Waals surface area contributed by atoms with Crippen LogP contribution in [-0.4, -0.2) is 52.7 Å². The van der Waals surface area contributed by atoms with Gasteiger partial charge in [-0.3, -0.25) is 4.90 Å². The van der Waals surface area contributed by atoms with Crippen LogP contribution in [0.15, 0.2) is 28.7 Å². The van der Waals surface area contributed by atoms with Crippen LogP contribution in [0.25, 0.3) is 11.5 Å². The Labute approximate surface area is 135 Å². The van der Waals surface area contributed by atoms with E-state index in [1.54, 1.807) is 0 Å². The lowest BCUT2D eigenvalue weighted by Crippen LogP contribution is -2.46. The summed E-state index contributed by atoms with van der Waals surface area (Å²) < 4.78 is 5.86. The summed E-state index contributed by atoms with van der Waals surface area (Å²) in [6, 6.07) is 7.62. The molecule has 118 valence electrons. The molecule has 2 aromatic rings. The van der Waals surface area contributed by atoms with E-state index in [4.69, 9.17) is 16.0 Å². The summed E-state index contributed by atoms with van der Waals surface area (Å²) in [5.74, 6) is 1.19. The average Bonchev–Trinajstić information content (AvgIpc) is 3.04. The topological polar surface area (TPSA) is 45.4 Å². The molecule has 1 aromatic heterocycles. The molecule has 1 unspecified atom stereocenters. The first-order chi connectivity index (χ1) is 10.7. The monoisotopic (exact) mass is 320 g/mol. The zero-order valence-corrected chi connectivity index (χ0v) is 13.8. The Hall–Kier alpha value is -1.43. The Bertz CT molecular complexity index is 622. The van der Waals surface area contributed by atoms with Crippen molar-refractivity contribution < 1.29 is 4.42 Å². The number of hydrogen-bond donors (Lipinski definition) is 0. The van der Waals surface area contributed by atoms with E-state index in [-0.39, 0.29) is 6.04 Å².